The van der Waals surface area contributed by atoms with E-state index in [9.17, 15) is 0 Å². The zero-order valence-electron chi connectivity index (χ0n) is 7.22. The van der Waals surface area contributed by atoms with Gasteiger partial charge in [-0.25, -0.2) is 0 Å². The van der Waals surface area contributed by atoms with E-state index in [2.05, 4.69) is 35.3 Å². The second-order valence-corrected chi connectivity index (χ2v) is 3.33. The van der Waals surface area contributed by atoms with Crippen molar-refractivity contribution in [2.24, 2.45) is 0 Å². The molecule has 0 spiro atoms. The molecule has 2 rings (SSSR count). The summed E-state index contributed by atoms with van der Waals surface area (Å²) in [6, 6.07) is 9.11. The smallest absolute Gasteiger partial charge is 0.0944 e. The zero-order chi connectivity index (χ0) is 8.39. The maximum atomic E-state index is 3.92. The number of hydrogen-bond donors (Lipinski definition) is 2. The Morgan fingerprint density at radius 1 is 1.42 bits per heavy atom. The maximum Gasteiger partial charge on any atom is 0.0944 e. The molecule has 64 valence electrons. The third kappa shape index (κ3) is 1.30. The number of rotatable bonds is 1. The van der Waals surface area contributed by atoms with Crippen molar-refractivity contribution < 1.29 is 5.73 Å². The van der Waals surface area contributed by atoms with E-state index in [1.54, 1.807) is 0 Å². The van der Waals surface area contributed by atoms with Crippen LogP contribution in [0, 0.1) is 0 Å². The molecule has 0 aliphatic carbocycles. The van der Waals surface area contributed by atoms with Crippen LogP contribution < -0.4 is 11.1 Å². The van der Waals surface area contributed by atoms with Crippen LogP contribution in [0.3, 0.4) is 0 Å². The van der Waals surface area contributed by atoms with E-state index in [-0.39, 0.29) is 0 Å². The highest BCUT2D eigenvalue weighted by molar-refractivity contribution is 5.53. The minimum Gasteiger partial charge on any atom is -0.377 e. The molecule has 0 saturated carbocycles. The molecule has 1 aromatic carbocycles. The molecule has 1 unspecified atom stereocenters. The van der Waals surface area contributed by atoms with Gasteiger partial charge < -0.3 is 11.1 Å². The Morgan fingerprint density at radius 3 is 3.08 bits per heavy atom. The summed E-state index contributed by atoms with van der Waals surface area (Å²) in [5.41, 5.74) is 6.67. The second kappa shape index (κ2) is 3.15. The quantitative estimate of drug-likeness (QED) is 0.627. The summed E-state index contributed by atoms with van der Waals surface area (Å²) in [5, 5.41) is 3.48. The fourth-order valence-electron chi connectivity index (χ4n) is 1.72. The Kier molecular flexibility index (Phi) is 2.00. The highest BCUT2D eigenvalue weighted by Gasteiger charge is 2.16. The van der Waals surface area contributed by atoms with E-state index in [1.807, 2.05) is 0 Å². The molecule has 0 fully saturated rings. The number of nitrogens with one attached hydrogen (secondary N) is 1. The van der Waals surface area contributed by atoms with E-state index >= 15 is 0 Å². The number of para-hydroxylation sites is 1. The fourth-order valence-corrected chi connectivity index (χ4v) is 1.72. The molecule has 4 N–H and O–H groups in total. The van der Waals surface area contributed by atoms with Gasteiger partial charge in [0.1, 0.15) is 0 Å². The number of benzene rings is 1. The van der Waals surface area contributed by atoms with Crippen molar-refractivity contribution >= 4 is 5.69 Å². The highest BCUT2D eigenvalue weighted by Crippen LogP contribution is 2.23. The van der Waals surface area contributed by atoms with Crippen LogP contribution in [0.1, 0.15) is 12.0 Å². The van der Waals surface area contributed by atoms with E-state index in [1.165, 1.54) is 24.1 Å². The first-order valence-corrected chi connectivity index (χ1v) is 4.54. The number of aryl methyl sites for hydroxylation is 1. The summed E-state index contributed by atoms with van der Waals surface area (Å²) in [5.74, 6) is 0. The van der Waals surface area contributed by atoms with E-state index in [4.69, 9.17) is 0 Å². The van der Waals surface area contributed by atoms with Gasteiger partial charge in [0, 0.05) is 5.69 Å². The molecule has 0 amide bonds. The van der Waals surface area contributed by atoms with Gasteiger partial charge in [-0.05, 0) is 24.5 Å². The molecular formula is C10H15N2+. The molecule has 1 heterocycles. The van der Waals surface area contributed by atoms with Crippen LogP contribution in [0.15, 0.2) is 24.3 Å². The van der Waals surface area contributed by atoms with Crippen LogP contribution in [0.4, 0.5) is 5.69 Å². The normalized spacial score (nSPS) is 21.2. The van der Waals surface area contributed by atoms with E-state index < -0.39 is 0 Å². The Hall–Kier alpha value is -1.02. The second-order valence-electron chi connectivity index (χ2n) is 3.33. The largest absolute Gasteiger partial charge is 0.377 e. The lowest BCUT2D eigenvalue weighted by Crippen LogP contribution is -2.58. The summed E-state index contributed by atoms with van der Waals surface area (Å²) in [4.78, 5) is 0. The molecule has 0 saturated heterocycles. The Bertz CT molecular complexity index is 270. The molecule has 1 atom stereocenters. The molecule has 1 aliphatic rings. The Morgan fingerprint density at radius 2 is 2.25 bits per heavy atom. The van der Waals surface area contributed by atoms with Crippen LogP contribution in [0.2, 0.25) is 0 Å². The van der Waals surface area contributed by atoms with Crippen LogP contribution in [-0.4, -0.2) is 12.6 Å². The summed E-state index contributed by atoms with van der Waals surface area (Å²) in [6.45, 7) is 0.980. The Labute approximate surface area is 72.8 Å². The van der Waals surface area contributed by atoms with Gasteiger partial charge in [0.25, 0.3) is 0 Å². The van der Waals surface area contributed by atoms with Crippen molar-refractivity contribution in [3.63, 3.8) is 0 Å². The summed E-state index contributed by atoms with van der Waals surface area (Å²) in [7, 11) is 0. The van der Waals surface area contributed by atoms with Gasteiger partial charge in [0.05, 0.1) is 12.6 Å². The molecule has 0 aromatic heterocycles. The first-order valence-electron chi connectivity index (χ1n) is 4.54. The van der Waals surface area contributed by atoms with E-state index in [0.29, 0.717) is 6.04 Å². The third-order valence-corrected chi connectivity index (χ3v) is 2.49. The minimum absolute atomic E-state index is 0.583. The van der Waals surface area contributed by atoms with Crippen molar-refractivity contribution in [3.8, 4) is 0 Å². The van der Waals surface area contributed by atoms with Crippen molar-refractivity contribution in [2.75, 3.05) is 11.9 Å². The lowest BCUT2D eigenvalue weighted by Gasteiger charge is -2.24. The first kappa shape index (κ1) is 7.62. The number of quaternary nitrogens is 1. The maximum absolute atomic E-state index is 3.92. The van der Waals surface area contributed by atoms with Crippen molar-refractivity contribution in [3.05, 3.63) is 29.8 Å². The number of hydrogen-bond acceptors (Lipinski definition) is 1. The van der Waals surface area contributed by atoms with Crippen LogP contribution >= 0.6 is 0 Å². The molecule has 0 bridgehead atoms. The van der Waals surface area contributed by atoms with Crippen LogP contribution in [0.5, 0.6) is 0 Å². The van der Waals surface area contributed by atoms with Crippen LogP contribution in [0.25, 0.3) is 0 Å². The van der Waals surface area contributed by atoms with Gasteiger partial charge in [0.2, 0.25) is 0 Å². The predicted molar refractivity (Wildman–Crippen MR) is 49.9 cm³/mol. The molecule has 0 radical (unpaired) electrons. The Balaban J connectivity index is 2.23. The standard InChI is InChI=1S/C10H14N2/c11-7-9-6-5-8-3-1-2-4-10(8)12-9/h1-4,9,12H,5-7,11H2/p+1. The minimum atomic E-state index is 0.583. The molecule has 2 heteroatoms. The van der Waals surface area contributed by atoms with Gasteiger partial charge in [-0.15, -0.1) is 0 Å². The highest BCUT2D eigenvalue weighted by atomic mass is 14.9. The predicted octanol–water partition coefficient (Wildman–Crippen LogP) is 0.655. The van der Waals surface area contributed by atoms with Gasteiger partial charge in [-0.3, -0.25) is 0 Å². The lowest BCUT2D eigenvalue weighted by molar-refractivity contribution is -0.370. The number of anilines is 1. The van der Waals surface area contributed by atoms with Crippen molar-refractivity contribution in [1.82, 2.24) is 0 Å². The van der Waals surface area contributed by atoms with Gasteiger partial charge in [-0.2, -0.15) is 0 Å². The first-order chi connectivity index (χ1) is 5.90. The van der Waals surface area contributed by atoms with Gasteiger partial charge in [-0.1, -0.05) is 18.2 Å². The fraction of sp³-hybridized carbons (Fsp3) is 0.400. The lowest BCUT2D eigenvalue weighted by atomic mass is 9.98. The average Bonchev–Trinajstić information content (AvgIpc) is 2.17. The molecule has 1 aliphatic heterocycles. The van der Waals surface area contributed by atoms with Crippen molar-refractivity contribution in [2.45, 2.75) is 18.9 Å². The SMILES string of the molecule is [NH3+]CC1CCc2ccccc2N1. The van der Waals surface area contributed by atoms with Crippen LogP contribution in [-0.2, 0) is 6.42 Å². The van der Waals surface area contributed by atoms with Gasteiger partial charge in [0.15, 0.2) is 0 Å². The molecular weight excluding hydrogens is 148 g/mol. The van der Waals surface area contributed by atoms with Crippen molar-refractivity contribution in [1.29, 1.82) is 0 Å². The third-order valence-electron chi connectivity index (χ3n) is 2.49. The topological polar surface area (TPSA) is 39.7 Å². The molecule has 1 aromatic rings. The zero-order valence-corrected chi connectivity index (χ0v) is 7.22. The monoisotopic (exact) mass is 163 g/mol. The summed E-state index contributed by atoms with van der Waals surface area (Å²) in [6.07, 6.45) is 2.42. The molecule has 2 nitrogen and oxygen atoms in total. The average molecular weight is 163 g/mol. The summed E-state index contributed by atoms with van der Waals surface area (Å²) < 4.78 is 0. The number of fused-ring (bicyclic) bond motifs is 1. The van der Waals surface area contributed by atoms with E-state index in [0.717, 1.165) is 6.54 Å². The summed E-state index contributed by atoms with van der Waals surface area (Å²) >= 11 is 0. The van der Waals surface area contributed by atoms with Gasteiger partial charge >= 0.3 is 0 Å². The molecule has 12 heavy (non-hydrogen) atoms.